The molecule has 2 N–H and O–H groups in total. The Hall–Kier alpha value is -2.67. The van der Waals surface area contributed by atoms with Crippen LogP contribution >= 0.6 is 11.3 Å². The number of fused-ring (bicyclic) bond motifs is 1. The molecule has 2 aliphatic heterocycles. The molecule has 44 heavy (non-hydrogen) atoms. The van der Waals surface area contributed by atoms with Crippen LogP contribution in [0.2, 0.25) is 0 Å². The SMILES string of the molecule is C=C(CN1CCS(=O)(=O)CC1)C(=O)CC[C@@H](NC(=O)[C@@H](CC(=O)NC)Cc1nc2ccc(C(C)C)cc2s1)C1CCOCC1. The van der Waals surface area contributed by atoms with Crippen LogP contribution < -0.4 is 10.6 Å². The Morgan fingerprint density at radius 3 is 2.52 bits per heavy atom. The van der Waals surface area contributed by atoms with E-state index in [1.807, 2.05) is 11.0 Å². The summed E-state index contributed by atoms with van der Waals surface area (Å²) in [5.41, 5.74) is 2.57. The van der Waals surface area contributed by atoms with Gasteiger partial charge in [-0.2, -0.15) is 0 Å². The summed E-state index contributed by atoms with van der Waals surface area (Å²) in [6.07, 6.45) is 2.61. The summed E-state index contributed by atoms with van der Waals surface area (Å²) in [6, 6.07) is 5.99. The van der Waals surface area contributed by atoms with Crippen LogP contribution in [0, 0.1) is 11.8 Å². The average Bonchev–Trinajstić information content (AvgIpc) is 3.41. The summed E-state index contributed by atoms with van der Waals surface area (Å²) in [4.78, 5) is 46.1. The Bertz CT molecular complexity index is 1430. The van der Waals surface area contributed by atoms with Gasteiger partial charge >= 0.3 is 0 Å². The van der Waals surface area contributed by atoms with Crippen LogP contribution in [0.5, 0.6) is 0 Å². The number of benzene rings is 1. The van der Waals surface area contributed by atoms with Crippen molar-refractivity contribution in [2.75, 3.05) is 51.4 Å². The number of ketones is 1. The number of rotatable bonds is 14. The number of hydrogen-bond acceptors (Lipinski definition) is 9. The zero-order chi connectivity index (χ0) is 31.9. The van der Waals surface area contributed by atoms with Crippen molar-refractivity contribution in [3.05, 3.63) is 40.9 Å². The molecule has 2 aromatic rings. The van der Waals surface area contributed by atoms with Crippen LogP contribution in [0.15, 0.2) is 30.4 Å². The van der Waals surface area contributed by atoms with Gasteiger partial charge in [-0.05, 0) is 48.8 Å². The minimum Gasteiger partial charge on any atom is -0.381 e. The van der Waals surface area contributed by atoms with Gasteiger partial charge < -0.3 is 15.4 Å². The minimum absolute atomic E-state index is 0.0390. The fraction of sp³-hybridized carbons (Fsp3) is 0.625. The van der Waals surface area contributed by atoms with Crippen molar-refractivity contribution < 1.29 is 27.5 Å². The van der Waals surface area contributed by atoms with Gasteiger partial charge in [0.1, 0.15) is 0 Å². The zero-order valence-corrected chi connectivity index (χ0v) is 27.7. The second kappa shape index (κ2) is 15.6. The van der Waals surface area contributed by atoms with Gasteiger partial charge in [0.15, 0.2) is 15.6 Å². The van der Waals surface area contributed by atoms with Crippen LogP contribution in [-0.2, 0) is 35.4 Å². The molecular formula is C32H46N4O6S2. The number of sulfone groups is 1. The summed E-state index contributed by atoms with van der Waals surface area (Å²) in [7, 11) is -1.44. The molecule has 1 aromatic carbocycles. The van der Waals surface area contributed by atoms with Crippen molar-refractivity contribution in [2.45, 2.75) is 64.3 Å². The molecule has 4 rings (SSSR count). The molecule has 242 valence electrons. The van der Waals surface area contributed by atoms with E-state index >= 15 is 0 Å². The van der Waals surface area contributed by atoms with Gasteiger partial charge in [-0.1, -0.05) is 26.5 Å². The lowest BCUT2D eigenvalue weighted by Gasteiger charge is -2.32. The van der Waals surface area contributed by atoms with Crippen LogP contribution in [-0.4, -0.2) is 93.3 Å². The van der Waals surface area contributed by atoms with E-state index in [-0.39, 0.29) is 53.9 Å². The van der Waals surface area contributed by atoms with Crippen molar-refractivity contribution in [3.8, 4) is 0 Å². The smallest absolute Gasteiger partial charge is 0.224 e. The van der Waals surface area contributed by atoms with Gasteiger partial charge in [0.2, 0.25) is 11.8 Å². The van der Waals surface area contributed by atoms with Crippen molar-refractivity contribution in [2.24, 2.45) is 11.8 Å². The summed E-state index contributed by atoms with van der Waals surface area (Å²) >= 11 is 1.56. The molecule has 2 atom stereocenters. The number of nitrogens with one attached hydrogen (secondary N) is 2. The Labute approximate surface area is 264 Å². The number of thiazole rings is 1. The van der Waals surface area contributed by atoms with E-state index in [4.69, 9.17) is 9.72 Å². The molecule has 0 saturated carbocycles. The van der Waals surface area contributed by atoms with E-state index in [9.17, 15) is 22.8 Å². The van der Waals surface area contributed by atoms with E-state index in [1.165, 1.54) is 5.56 Å². The Morgan fingerprint density at radius 1 is 1.16 bits per heavy atom. The fourth-order valence-electron chi connectivity index (χ4n) is 5.80. The maximum absolute atomic E-state index is 13.8. The Kier molecular flexibility index (Phi) is 12.1. The number of Topliss-reactive ketones (excluding diaryl/α,β-unsaturated/α-hetero) is 1. The van der Waals surface area contributed by atoms with Crippen LogP contribution in [0.25, 0.3) is 10.2 Å². The van der Waals surface area contributed by atoms with Crippen molar-refractivity contribution in [3.63, 3.8) is 0 Å². The first-order valence-electron chi connectivity index (χ1n) is 15.6. The molecule has 2 saturated heterocycles. The molecule has 0 spiro atoms. The maximum atomic E-state index is 13.8. The number of carbonyl (C=O) groups is 3. The molecular weight excluding hydrogens is 601 g/mol. The summed E-state index contributed by atoms with van der Waals surface area (Å²) in [5, 5.41) is 6.68. The van der Waals surface area contributed by atoms with E-state index in [1.54, 1.807) is 18.4 Å². The number of aromatic nitrogens is 1. The molecule has 0 radical (unpaired) electrons. The molecule has 2 fully saturated rings. The van der Waals surface area contributed by atoms with Gasteiger partial charge in [-0.25, -0.2) is 13.4 Å². The monoisotopic (exact) mass is 646 g/mol. The molecule has 10 nitrogen and oxygen atoms in total. The first-order valence-corrected chi connectivity index (χ1v) is 18.2. The molecule has 0 aliphatic carbocycles. The molecule has 0 bridgehead atoms. The second-order valence-corrected chi connectivity index (χ2v) is 15.7. The van der Waals surface area contributed by atoms with Gasteiger partial charge in [-0.3, -0.25) is 19.3 Å². The van der Waals surface area contributed by atoms with Gasteiger partial charge in [-0.15, -0.1) is 11.3 Å². The largest absolute Gasteiger partial charge is 0.381 e. The van der Waals surface area contributed by atoms with Gasteiger partial charge in [0.25, 0.3) is 0 Å². The van der Waals surface area contributed by atoms with E-state index in [0.29, 0.717) is 57.2 Å². The number of carbonyl (C=O) groups excluding carboxylic acids is 3. The first-order chi connectivity index (χ1) is 20.9. The Morgan fingerprint density at radius 2 is 1.86 bits per heavy atom. The van der Waals surface area contributed by atoms with E-state index in [0.717, 1.165) is 28.1 Å². The molecule has 3 heterocycles. The quantitative estimate of drug-likeness (QED) is 0.299. The van der Waals surface area contributed by atoms with Crippen molar-refractivity contribution >= 4 is 49.0 Å². The van der Waals surface area contributed by atoms with Gasteiger partial charge in [0.05, 0.1) is 32.6 Å². The summed E-state index contributed by atoms with van der Waals surface area (Å²) in [5.74, 6) is -0.379. The highest BCUT2D eigenvalue weighted by Crippen LogP contribution is 2.29. The zero-order valence-electron chi connectivity index (χ0n) is 26.1. The molecule has 2 aliphatic rings. The topological polar surface area (TPSA) is 135 Å². The second-order valence-electron chi connectivity index (χ2n) is 12.3. The van der Waals surface area contributed by atoms with E-state index in [2.05, 4.69) is 43.2 Å². The molecule has 0 unspecified atom stereocenters. The number of hydrogen-bond donors (Lipinski definition) is 2. The molecule has 12 heteroatoms. The number of nitrogens with zero attached hydrogens (tertiary/aromatic N) is 2. The van der Waals surface area contributed by atoms with E-state index < -0.39 is 15.8 Å². The lowest BCUT2D eigenvalue weighted by molar-refractivity contribution is -0.131. The lowest BCUT2D eigenvalue weighted by Crippen LogP contribution is -2.46. The van der Waals surface area contributed by atoms with Crippen LogP contribution in [0.3, 0.4) is 0 Å². The maximum Gasteiger partial charge on any atom is 0.224 e. The number of amides is 2. The highest BCUT2D eigenvalue weighted by atomic mass is 32.2. The van der Waals surface area contributed by atoms with Crippen molar-refractivity contribution in [1.29, 1.82) is 0 Å². The third-order valence-electron chi connectivity index (χ3n) is 8.72. The first kappa shape index (κ1) is 34.2. The number of ether oxygens (including phenoxy) is 1. The third kappa shape index (κ3) is 9.66. The predicted octanol–water partition coefficient (Wildman–Crippen LogP) is 3.26. The lowest BCUT2D eigenvalue weighted by atomic mass is 9.87. The summed E-state index contributed by atoms with van der Waals surface area (Å²) in [6.45, 7) is 10.6. The van der Waals surface area contributed by atoms with Gasteiger partial charge in [0, 0.05) is 70.8 Å². The highest BCUT2D eigenvalue weighted by Gasteiger charge is 2.31. The predicted molar refractivity (Wildman–Crippen MR) is 174 cm³/mol. The fourth-order valence-corrected chi connectivity index (χ4v) is 8.18. The van der Waals surface area contributed by atoms with Crippen molar-refractivity contribution in [1.82, 2.24) is 20.5 Å². The summed E-state index contributed by atoms with van der Waals surface area (Å²) < 4.78 is 30.1. The minimum atomic E-state index is -3.00. The normalized spacial score (nSPS) is 19.0. The average molecular weight is 647 g/mol. The molecule has 1 aromatic heterocycles. The highest BCUT2D eigenvalue weighted by molar-refractivity contribution is 7.91. The van der Waals surface area contributed by atoms with Crippen LogP contribution in [0.4, 0.5) is 0 Å². The standard InChI is InChI=1S/C32H46N4O6S2/c1-21(2)24-5-6-27-29(17-24)43-31(34-27)19-25(18-30(38)33-4)32(39)35-26(23-9-13-42-14-10-23)7-8-28(37)22(3)20-36-11-15-44(40,41)16-12-36/h5-6,17,21,23,25-26H,3,7-16,18-20H2,1-2,4H3,(H,33,38)(H,35,39)/t25-,26+/m0/s1. The Balaban J connectivity index is 1.43. The van der Waals surface area contributed by atoms with Crippen LogP contribution in [0.1, 0.15) is 62.4 Å². The molecule has 2 amide bonds. The third-order valence-corrected chi connectivity index (χ3v) is 11.4.